The van der Waals surface area contributed by atoms with Crippen molar-refractivity contribution in [2.75, 3.05) is 26.4 Å². The number of allylic oxidation sites excluding steroid dienone is 2. The molecule has 2 heterocycles. The van der Waals surface area contributed by atoms with Gasteiger partial charge in [-0.25, -0.2) is 4.57 Å². The van der Waals surface area contributed by atoms with Crippen LogP contribution in [0.5, 0.6) is 0 Å². The van der Waals surface area contributed by atoms with Gasteiger partial charge in [-0.3, -0.25) is 23.4 Å². The predicted molar refractivity (Wildman–Crippen MR) is 388 cm³/mol. The van der Waals surface area contributed by atoms with Crippen LogP contribution >= 0.6 is 7.82 Å². The van der Waals surface area contributed by atoms with Gasteiger partial charge in [0.25, 0.3) is 0 Å². The average Bonchev–Trinajstić information content (AvgIpc) is 0.761. The molecule has 1 aliphatic carbocycles. The van der Waals surface area contributed by atoms with Crippen molar-refractivity contribution in [1.82, 2.24) is 0 Å². The van der Waals surface area contributed by atoms with Gasteiger partial charge in [0.1, 0.15) is 98.7 Å². The van der Waals surface area contributed by atoms with Gasteiger partial charge in [0.05, 0.1) is 13.2 Å². The summed E-state index contributed by atoms with van der Waals surface area (Å²) in [4.78, 5) is 51.2. The van der Waals surface area contributed by atoms with Gasteiger partial charge >= 0.3 is 25.7 Å². The first-order chi connectivity index (χ1) is 49.2. The Balaban J connectivity index is 1.72. The van der Waals surface area contributed by atoms with E-state index in [0.29, 0.717) is 25.2 Å². The van der Waals surface area contributed by atoms with Crippen molar-refractivity contribution in [3.8, 4) is 0 Å². The monoisotopic (exact) mass is 1480 g/mol. The number of unbranched alkanes of at least 4 members (excludes halogenated alkanes) is 36. The Kier molecular flexibility index (Phi) is 53.2. The first-order valence-corrected chi connectivity index (χ1v) is 41.9. The fraction of sp³-hybridized carbons (Fsp3) is 0.935. The Hall–Kier alpha value is -2.30. The second kappa shape index (κ2) is 57.8. The third-order valence-electron chi connectivity index (χ3n) is 20.2. The number of carbonyl (C=O) groups is 3. The summed E-state index contributed by atoms with van der Waals surface area (Å²) in [5.41, 5.74) is 0. The van der Waals surface area contributed by atoms with Gasteiger partial charge in [-0.05, 0) is 50.9 Å². The first kappa shape index (κ1) is 93.9. The van der Waals surface area contributed by atoms with Gasteiger partial charge < -0.3 is 89.1 Å². The second-order valence-corrected chi connectivity index (χ2v) is 30.8. The Morgan fingerprint density at radius 2 is 0.745 bits per heavy atom. The lowest BCUT2D eigenvalue weighted by Gasteiger charge is -2.49. The van der Waals surface area contributed by atoms with E-state index in [-0.39, 0.29) is 19.3 Å². The molecule has 0 aromatic carbocycles. The average molecular weight is 1480 g/mol. The summed E-state index contributed by atoms with van der Waals surface area (Å²) in [7, 11) is -5.70. The van der Waals surface area contributed by atoms with Crippen LogP contribution in [0.25, 0.3) is 0 Å². The zero-order chi connectivity index (χ0) is 74.8. The lowest BCUT2D eigenvalue weighted by molar-refractivity contribution is -0.360. The highest BCUT2D eigenvalue weighted by Gasteiger charge is 2.58. The largest absolute Gasteiger partial charge is 0.472 e. The smallest absolute Gasteiger partial charge is 0.463 e. The van der Waals surface area contributed by atoms with Crippen LogP contribution in [0.1, 0.15) is 323 Å². The molecular weight excluding hydrogens is 1340 g/mol. The zero-order valence-electron chi connectivity index (χ0n) is 63.1. The van der Waals surface area contributed by atoms with E-state index in [1.54, 1.807) is 0 Å². The number of hydrogen-bond acceptors (Lipinski definition) is 23. The number of phosphoric ester groups is 1. The summed E-state index contributed by atoms with van der Waals surface area (Å²) in [6, 6.07) is 0. The van der Waals surface area contributed by atoms with Gasteiger partial charge in [-0.1, -0.05) is 271 Å². The number of carbonyl (C=O) groups excluding carboxylic acids is 3. The van der Waals surface area contributed by atoms with Crippen LogP contribution in [0, 0.1) is 5.92 Å². The Morgan fingerprint density at radius 3 is 1.17 bits per heavy atom. The lowest BCUT2D eigenvalue weighted by Crippen LogP contribution is -2.69. The minimum atomic E-state index is -5.70. The maximum Gasteiger partial charge on any atom is 0.472 e. The first-order valence-electron chi connectivity index (χ1n) is 40.4. The molecule has 2 saturated heterocycles. The summed E-state index contributed by atoms with van der Waals surface area (Å²) in [6.07, 6.45) is 16.9. The van der Waals surface area contributed by atoms with Crippen molar-refractivity contribution in [1.29, 1.82) is 0 Å². The van der Waals surface area contributed by atoms with Crippen molar-refractivity contribution < 1.29 is 117 Å². The SMILES string of the molecule is CCCCCCCCC/C=C\CCCCCC(=O)OCC1OC(OC2C(O)C(O)C(O)C(OC3OC(CO)C(O)C(O)C3O)C2OP(=O)(O)OCC(COC(=O)CCCCCCCCC(C)CCCCCCCC)OC(=O)CCCCCCCCCCCCCCCCCCC)C(O)C(O)C1O. The van der Waals surface area contributed by atoms with Crippen LogP contribution in [0.15, 0.2) is 12.2 Å². The number of esters is 3. The molecule has 2 aliphatic heterocycles. The normalized spacial score (nSPS) is 27.4. The molecule has 0 aromatic rings. The Bertz CT molecular complexity index is 2160. The highest BCUT2D eigenvalue weighted by Crippen LogP contribution is 2.49. The van der Waals surface area contributed by atoms with E-state index in [2.05, 4.69) is 39.8 Å². The number of rotatable bonds is 63. The number of aliphatic hydroxyl groups is 10. The molecule has 25 heteroatoms. The molecule has 3 aliphatic rings. The number of aliphatic hydroxyl groups excluding tert-OH is 10. The van der Waals surface area contributed by atoms with Gasteiger partial charge in [-0.15, -0.1) is 0 Å². The molecule has 1 saturated carbocycles. The van der Waals surface area contributed by atoms with Crippen molar-refractivity contribution in [3.63, 3.8) is 0 Å². The minimum Gasteiger partial charge on any atom is -0.463 e. The second-order valence-electron chi connectivity index (χ2n) is 29.4. The number of hydrogen-bond donors (Lipinski definition) is 11. The summed E-state index contributed by atoms with van der Waals surface area (Å²) in [5.74, 6) is -1.29. The molecule has 600 valence electrons. The maximum absolute atomic E-state index is 14.4. The molecule has 19 atom stereocenters. The molecule has 3 fully saturated rings. The molecule has 0 amide bonds. The quantitative estimate of drug-likeness (QED) is 0.00886. The third kappa shape index (κ3) is 40.2. The van der Waals surface area contributed by atoms with Gasteiger partial charge in [0, 0.05) is 19.3 Å². The van der Waals surface area contributed by atoms with E-state index < -0.39 is 156 Å². The van der Waals surface area contributed by atoms with Crippen LogP contribution in [-0.2, 0) is 61.2 Å². The lowest BCUT2D eigenvalue weighted by atomic mass is 9.84. The summed E-state index contributed by atoms with van der Waals surface area (Å²) in [5, 5.41) is 110. The molecule has 11 N–H and O–H groups in total. The fourth-order valence-electron chi connectivity index (χ4n) is 13.5. The third-order valence-corrected chi connectivity index (χ3v) is 21.2. The molecule has 19 unspecified atom stereocenters. The summed E-state index contributed by atoms with van der Waals surface area (Å²) < 4.78 is 65.2. The van der Waals surface area contributed by atoms with Crippen molar-refractivity contribution in [3.05, 3.63) is 12.2 Å². The van der Waals surface area contributed by atoms with E-state index in [1.165, 1.54) is 161 Å². The standard InChI is InChI=1S/C77H143O24P/c1-5-8-11-14-17-19-21-23-25-26-27-29-31-33-35-42-47-52-63(81)96-58(54-93-61(79)50-45-41-37-36-39-44-49-57(4)48-43-38-16-13-10-7-3)55-95-102(91,92)101-75-73(99-76-71(89)66(84)64(82)59(53-78)97-76)69(87)68(86)70(88)74(75)100-77-72(90)67(85)65(83)60(98-77)56-94-62(80)51-46-40-34-32-30-28-24-22-20-18-15-12-9-6-2/h28,30,57-60,64-78,82-90H,5-27,29,31-56H2,1-4H3,(H,91,92)/b30-28-. The van der Waals surface area contributed by atoms with Gasteiger partial charge in [0.2, 0.25) is 0 Å². The van der Waals surface area contributed by atoms with Crippen LogP contribution in [-0.4, -0.2) is 204 Å². The molecule has 3 rings (SSSR count). The molecule has 0 spiro atoms. The van der Waals surface area contributed by atoms with Crippen molar-refractivity contribution in [2.45, 2.75) is 427 Å². The van der Waals surface area contributed by atoms with Crippen LogP contribution in [0.4, 0.5) is 0 Å². The number of phosphoric acid groups is 1. The molecule has 102 heavy (non-hydrogen) atoms. The van der Waals surface area contributed by atoms with Crippen molar-refractivity contribution in [2.24, 2.45) is 5.92 Å². The van der Waals surface area contributed by atoms with Crippen LogP contribution in [0.2, 0.25) is 0 Å². The van der Waals surface area contributed by atoms with Gasteiger partial charge in [0.15, 0.2) is 18.7 Å². The summed E-state index contributed by atoms with van der Waals surface area (Å²) in [6.45, 7) is 5.80. The fourth-order valence-corrected chi connectivity index (χ4v) is 14.5. The van der Waals surface area contributed by atoms with E-state index in [4.69, 9.17) is 42.2 Å². The highest BCUT2D eigenvalue weighted by atomic mass is 31.2. The molecule has 0 radical (unpaired) electrons. The Morgan fingerprint density at radius 1 is 0.402 bits per heavy atom. The van der Waals surface area contributed by atoms with E-state index in [0.717, 1.165) is 96.3 Å². The molecule has 0 bridgehead atoms. The zero-order valence-corrected chi connectivity index (χ0v) is 64.0. The predicted octanol–water partition coefficient (Wildman–Crippen LogP) is 12.2. The molecule has 0 aromatic heterocycles. The Labute approximate surface area is 612 Å². The maximum atomic E-state index is 14.4. The molecular formula is C77H143O24P. The van der Waals surface area contributed by atoms with E-state index in [9.17, 15) is 74.9 Å². The van der Waals surface area contributed by atoms with Crippen LogP contribution in [0.3, 0.4) is 0 Å². The highest BCUT2D eigenvalue weighted by molar-refractivity contribution is 7.47. The summed E-state index contributed by atoms with van der Waals surface area (Å²) >= 11 is 0. The number of ether oxygens (including phenoxy) is 7. The van der Waals surface area contributed by atoms with E-state index in [1.807, 2.05) is 0 Å². The van der Waals surface area contributed by atoms with Gasteiger partial charge in [-0.2, -0.15) is 0 Å². The van der Waals surface area contributed by atoms with Crippen LogP contribution < -0.4 is 0 Å². The minimum absolute atomic E-state index is 0.00933. The van der Waals surface area contributed by atoms with E-state index >= 15 is 0 Å². The topological polar surface area (TPSA) is 374 Å². The molecule has 24 nitrogen and oxygen atoms in total. The van der Waals surface area contributed by atoms with Crippen molar-refractivity contribution >= 4 is 25.7 Å².